The number of aryl methyl sites for hydroxylation is 1. The molecular formula is C18H20N6O2. The molecule has 2 aromatic heterocycles. The van der Waals surface area contributed by atoms with Gasteiger partial charge in [0.1, 0.15) is 6.04 Å². The van der Waals surface area contributed by atoms with Crippen molar-refractivity contribution in [3.8, 4) is 5.69 Å². The number of imidazole rings is 1. The maximum Gasteiger partial charge on any atom is 0.322 e. The van der Waals surface area contributed by atoms with Crippen LogP contribution in [0, 0.1) is 6.92 Å². The lowest BCUT2D eigenvalue weighted by molar-refractivity contribution is 0.142. The first-order valence-electron chi connectivity index (χ1n) is 8.67. The van der Waals surface area contributed by atoms with Gasteiger partial charge in [-0.25, -0.2) is 9.78 Å². The van der Waals surface area contributed by atoms with Gasteiger partial charge >= 0.3 is 6.03 Å². The third-order valence-electron chi connectivity index (χ3n) is 4.51. The molecule has 134 valence electrons. The summed E-state index contributed by atoms with van der Waals surface area (Å²) in [7, 11) is 0. The van der Waals surface area contributed by atoms with E-state index >= 15 is 0 Å². The molecule has 1 atom stereocenters. The first kappa shape index (κ1) is 16.3. The molecule has 1 aliphatic rings. The Morgan fingerprint density at radius 3 is 2.81 bits per heavy atom. The number of nitrogens with one attached hydrogen (secondary N) is 1. The number of benzene rings is 1. The van der Waals surface area contributed by atoms with Crippen LogP contribution < -0.4 is 5.32 Å². The van der Waals surface area contributed by atoms with Crippen molar-refractivity contribution in [1.82, 2.24) is 24.6 Å². The number of piperidine rings is 1. The van der Waals surface area contributed by atoms with Crippen molar-refractivity contribution in [3.05, 3.63) is 54.7 Å². The Morgan fingerprint density at radius 2 is 2.12 bits per heavy atom. The van der Waals surface area contributed by atoms with Crippen LogP contribution in [0.2, 0.25) is 0 Å². The van der Waals surface area contributed by atoms with E-state index < -0.39 is 0 Å². The summed E-state index contributed by atoms with van der Waals surface area (Å²) in [5.41, 5.74) is 1.72. The third-order valence-corrected chi connectivity index (χ3v) is 4.51. The van der Waals surface area contributed by atoms with E-state index in [1.807, 2.05) is 35.0 Å². The van der Waals surface area contributed by atoms with E-state index in [4.69, 9.17) is 4.52 Å². The minimum atomic E-state index is -0.171. The van der Waals surface area contributed by atoms with E-state index in [0.717, 1.165) is 30.6 Å². The second kappa shape index (κ2) is 6.99. The largest absolute Gasteiger partial charge is 0.337 e. The van der Waals surface area contributed by atoms with E-state index in [1.165, 1.54) is 0 Å². The highest BCUT2D eigenvalue weighted by atomic mass is 16.5. The standard InChI is InChI=1S/C18H20N6O2/c1-13-20-17(26-22-13)16-4-2-3-10-24(16)18(25)21-14-5-7-15(8-6-14)23-11-9-19-12-23/h5-9,11-12,16H,2-4,10H2,1H3,(H,21,25)/t16-/m0/s1. The molecule has 26 heavy (non-hydrogen) atoms. The van der Waals surface area contributed by atoms with E-state index in [0.29, 0.717) is 18.3 Å². The highest BCUT2D eigenvalue weighted by molar-refractivity contribution is 5.89. The molecule has 1 aliphatic heterocycles. The van der Waals surface area contributed by atoms with Gasteiger partial charge in [0.05, 0.1) is 6.33 Å². The number of hydrogen-bond acceptors (Lipinski definition) is 5. The lowest BCUT2D eigenvalue weighted by Crippen LogP contribution is -2.41. The molecule has 0 saturated carbocycles. The van der Waals surface area contributed by atoms with Crippen molar-refractivity contribution >= 4 is 11.7 Å². The van der Waals surface area contributed by atoms with Crippen molar-refractivity contribution in [3.63, 3.8) is 0 Å². The number of amides is 2. The van der Waals surface area contributed by atoms with Crippen molar-refractivity contribution < 1.29 is 9.32 Å². The zero-order chi connectivity index (χ0) is 17.9. The summed E-state index contributed by atoms with van der Waals surface area (Å²) in [4.78, 5) is 22.9. The summed E-state index contributed by atoms with van der Waals surface area (Å²) in [6.45, 7) is 2.45. The topological polar surface area (TPSA) is 89.1 Å². The van der Waals surface area contributed by atoms with Crippen molar-refractivity contribution in [2.24, 2.45) is 0 Å². The van der Waals surface area contributed by atoms with Gasteiger partial charge in [-0.2, -0.15) is 4.98 Å². The smallest absolute Gasteiger partial charge is 0.322 e. The molecule has 3 aromatic rings. The zero-order valence-corrected chi connectivity index (χ0v) is 14.5. The molecule has 2 amide bonds. The number of aromatic nitrogens is 4. The number of nitrogens with zero attached hydrogens (tertiary/aromatic N) is 5. The number of hydrogen-bond donors (Lipinski definition) is 1. The van der Waals surface area contributed by atoms with E-state index in [1.54, 1.807) is 24.3 Å². The lowest BCUT2D eigenvalue weighted by atomic mass is 10.0. The van der Waals surface area contributed by atoms with Gasteiger partial charge in [-0.1, -0.05) is 5.16 Å². The Bertz CT molecular complexity index is 871. The molecule has 0 bridgehead atoms. The number of anilines is 1. The Balaban J connectivity index is 1.47. The lowest BCUT2D eigenvalue weighted by Gasteiger charge is -2.33. The van der Waals surface area contributed by atoms with Crippen molar-refractivity contribution in [2.75, 3.05) is 11.9 Å². The third kappa shape index (κ3) is 3.30. The molecule has 0 unspecified atom stereocenters. The maximum atomic E-state index is 12.8. The van der Waals surface area contributed by atoms with Crippen LogP contribution in [0.25, 0.3) is 5.69 Å². The van der Waals surface area contributed by atoms with Gasteiger partial charge < -0.3 is 19.3 Å². The molecule has 8 heteroatoms. The van der Waals surface area contributed by atoms with Gasteiger partial charge in [0.2, 0.25) is 5.89 Å². The summed E-state index contributed by atoms with van der Waals surface area (Å²) in [6, 6.07) is 7.31. The van der Waals surface area contributed by atoms with E-state index in [-0.39, 0.29) is 12.1 Å². The van der Waals surface area contributed by atoms with E-state index in [2.05, 4.69) is 20.4 Å². The van der Waals surface area contributed by atoms with Gasteiger partial charge in [0.25, 0.3) is 0 Å². The van der Waals surface area contributed by atoms with Gasteiger partial charge in [-0.15, -0.1) is 0 Å². The van der Waals surface area contributed by atoms with Crippen molar-refractivity contribution in [2.45, 2.75) is 32.2 Å². The SMILES string of the molecule is Cc1noc([C@@H]2CCCCN2C(=O)Nc2ccc(-n3ccnc3)cc2)n1. The molecule has 3 heterocycles. The molecule has 8 nitrogen and oxygen atoms in total. The Morgan fingerprint density at radius 1 is 1.27 bits per heavy atom. The molecule has 4 rings (SSSR count). The predicted octanol–water partition coefficient (Wildman–Crippen LogP) is 3.32. The maximum absolute atomic E-state index is 12.8. The fourth-order valence-corrected chi connectivity index (χ4v) is 3.20. The normalized spacial score (nSPS) is 17.3. The second-order valence-electron chi connectivity index (χ2n) is 6.33. The predicted molar refractivity (Wildman–Crippen MR) is 94.9 cm³/mol. The van der Waals surface area contributed by atoms with Crippen molar-refractivity contribution in [1.29, 1.82) is 0 Å². The fraction of sp³-hybridized carbons (Fsp3) is 0.333. The van der Waals surface area contributed by atoms with Gasteiger partial charge in [0.15, 0.2) is 5.82 Å². The fourth-order valence-electron chi connectivity index (χ4n) is 3.20. The number of urea groups is 1. The Labute approximate surface area is 150 Å². The second-order valence-corrected chi connectivity index (χ2v) is 6.33. The van der Waals surface area contributed by atoms with Crippen LogP contribution in [0.3, 0.4) is 0 Å². The number of likely N-dealkylation sites (tertiary alicyclic amines) is 1. The molecule has 0 spiro atoms. The van der Waals surface area contributed by atoms with Crippen LogP contribution in [-0.2, 0) is 0 Å². The summed E-state index contributed by atoms with van der Waals surface area (Å²) < 4.78 is 7.21. The molecule has 0 radical (unpaired) electrons. The zero-order valence-electron chi connectivity index (χ0n) is 14.5. The first-order chi connectivity index (χ1) is 12.7. The Hall–Kier alpha value is -3.16. The monoisotopic (exact) mass is 352 g/mol. The summed E-state index contributed by atoms with van der Waals surface area (Å²) >= 11 is 0. The van der Waals surface area contributed by atoms with Crippen LogP contribution >= 0.6 is 0 Å². The highest BCUT2D eigenvalue weighted by Gasteiger charge is 2.32. The summed E-state index contributed by atoms with van der Waals surface area (Å²) in [6.07, 6.45) is 8.17. The number of rotatable bonds is 3. The van der Waals surface area contributed by atoms with E-state index in [9.17, 15) is 4.79 Å². The van der Waals surface area contributed by atoms with Crippen LogP contribution in [-0.4, -0.2) is 37.2 Å². The molecule has 1 aromatic carbocycles. The minimum absolute atomic E-state index is 0.152. The van der Waals surface area contributed by atoms with Crippen LogP contribution in [0.15, 0.2) is 47.5 Å². The number of carbonyl (C=O) groups is 1. The average molecular weight is 352 g/mol. The van der Waals surface area contributed by atoms with Gasteiger partial charge in [-0.3, -0.25) is 0 Å². The quantitative estimate of drug-likeness (QED) is 0.781. The van der Waals surface area contributed by atoms with Crippen LogP contribution in [0.5, 0.6) is 0 Å². The van der Waals surface area contributed by atoms with Crippen LogP contribution in [0.1, 0.15) is 37.0 Å². The average Bonchev–Trinajstić information content (AvgIpc) is 3.34. The van der Waals surface area contributed by atoms with Gasteiger partial charge in [-0.05, 0) is 50.5 Å². The summed E-state index contributed by atoms with van der Waals surface area (Å²) in [5, 5.41) is 6.81. The molecule has 1 saturated heterocycles. The summed E-state index contributed by atoms with van der Waals surface area (Å²) in [5.74, 6) is 1.09. The first-order valence-corrected chi connectivity index (χ1v) is 8.67. The molecule has 1 fully saturated rings. The highest BCUT2D eigenvalue weighted by Crippen LogP contribution is 2.30. The molecule has 0 aliphatic carbocycles. The van der Waals surface area contributed by atoms with Crippen LogP contribution in [0.4, 0.5) is 10.5 Å². The molecular weight excluding hydrogens is 332 g/mol. The molecule has 1 N–H and O–H groups in total. The Kier molecular flexibility index (Phi) is 4.39. The number of carbonyl (C=O) groups excluding carboxylic acids is 1. The minimum Gasteiger partial charge on any atom is -0.337 e. The van der Waals surface area contributed by atoms with Gasteiger partial charge in [0, 0.05) is 30.3 Å².